The van der Waals surface area contributed by atoms with Gasteiger partial charge in [0.25, 0.3) is 5.91 Å². The van der Waals surface area contributed by atoms with E-state index in [1.54, 1.807) is 17.0 Å². The predicted octanol–water partition coefficient (Wildman–Crippen LogP) is 0.580. The normalized spacial score (nSPS) is 15.7. The molecule has 17 heavy (non-hydrogen) atoms. The third-order valence-electron chi connectivity index (χ3n) is 2.61. The summed E-state index contributed by atoms with van der Waals surface area (Å²) in [4.78, 5) is 26.2. The summed E-state index contributed by atoms with van der Waals surface area (Å²) in [5.41, 5.74) is 0. The van der Waals surface area contributed by atoms with Crippen LogP contribution in [0.1, 0.15) is 19.3 Å². The van der Waals surface area contributed by atoms with E-state index in [2.05, 4.69) is 10.1 Å². The van der Waals surface area contributed by atoms with Crippen LogP contribution < -0.4 is 5.32 Å². The van der Waals surface area contributed by atoms with Gasteiger partial charge in [-0.05, 0) is 12.1 Å². The molecule has 1 amide bonds. The Kier molecular flexibility index (Phi) is 3.75. The van der Waals surface area contributed by atoms with Gasteiger partial charge in [0.15, 0.2) is 0 Å². The molecule has 0 aromatic carbocycles. The van der Waals surface area contributed by atoms with Crippen molar-refractivity contribution in [2.24, 2.45) is 0 Å². The smallest absolute Gasteiger partial charge is 0.348 e. The van der Waals surface area contributed by atoms with Gasteiger partial charge in [-0.15, -0.1) is 11.3 Å². The van der Waals surface area contributed by atoms with Gasteiger partial charge in [0.2, 0.25) is 0 Å². The molecule has 6 heteroatoms. The Morgan fingerprint density at radius 2 is 1.94 bits per heavy atom. The van der Waals surface area contributed by atoms with Crippen LogP contribution in [0.4, 0.5) is 0 Å². The van der Waals surface area contributed by atoms with Crippen LogP contribution >= 0.6 is 11.3 Å². The van der Waals surface area contributed by atoms with Gasteiger partial charge in [0, 0.05) is 26.2 Å². The number of hydrogen-bond donors (Lipinski definition) is 1. The minimum atomic E-state index is -0.394. The van der Waals surface area contributed by atoms with E-state index in [0.717, 1.165) is 13.1 Å². The number of esters is 1. The Bertz CT molecular complexity index is 424. The molecule has 0 saturated carbocycles. The first-order chi connectivity index (χ1) is 8.22. The van der Waals surface area contributed by atoms with E-state index in [9.17, 15) is 9.59 Å². The predicted molar refractivity (Wildman–Crippen MR) is 64.4 cm³/mol. The molecule has 0 aliphatic carbocycles. The molecular weight excluding hydrogens is 240 g/mol. The molecule has 0 bridgehead atoms. The molecule has 1 aromatic rings. The summed E-state index contributed by atoms with van der Waals surface area (Å²) >= 11 is 1.18. The number of nitrogens with one attached hydrogen (secondary N) is 1. The fraction of sp³-hybridized carbons (Fsp3) is 0.455. The Hall–Kier alpha value is -1.40. The highest BCUT2D eigenvalue weighted by Gasteiger charge is 2.20. The van der Waals surface area contributed by atoms with Gasteiger partial charge in [0.1, 0.15) is 4.88 Å². The lowest BCUT2D eigenvalue weighted by atomic mass is 10.3. The molecule has 0 unspecified atom stereocenters. The fourth-order valence-corrected chi connectivity index (χ4v) is 2.58. The van der Waals surface area contributed by atoms with Crippen LogP contribution in [0.2, 0.25) is 0 Å². The van der Waals surface area contributed by atoms with Crippen molar-refractivity contribution in [1.29, 1.82) is 0 Å². The lowest BCUT2D eigenvalue weighted by Gasteiger charge is -2.26. The zero-order valence-corrected chi connectivity index (χ0v) is 10.4. The molecule has 5 nitrogen and oxygen atoms in total. The lowest BCUT2D eigenvalue weighted by molar-refractivity contribution is 0.0606. The van der Waals surface area contributed by atoms with E-state index >= 15 is 0 Å². The number of carbonyl (C=O) groups excluding carboxylic acids is 2. The lowest BCUT2D eigenvalue weighted by Crippen LogP contribution is -2.46. The van der Waals surface area contributed by atoms with Crippen LogP contribution in [0.5, 0.6) is 0 Å². The van der Waals surface area contributed by atoms with Crippen molar-refractivity contribution in [2.45, 2.75) is 0 Å². The van der Waals surface area contributed by atoms with Gasteiger partial charge in [-0.3, -0.25) is 4.79 Å². The van der Waals surface area contributed by atoms with Crippen LogP contribution in [0, 0.1) is 0 Å². The molecule has 1 fully saturated rings. The van der Waals surface area contributed by atoms with Crippen LogP contribution in [0.15, 0.2) is 12.1 Å². The highest BCUT2D eigenvalue weighted by Crippen LogP contribution is 2.19. The van der Waals surface area contributed by atoms with E-state index in [1.807, 2.05) is 0 Å². The molecule has 1 aliphatic rings. The molecule has 1 saturated heterocycles. The van der Waals surface area contributed by atoms with Crippen molar-refractivity contribution in [3.63, 3.8) is 0 Å². The molecular formula is C11H14N2O3S. The molecule has 1 aliphatic heterocycles. The number of thiophene rings is 1. The largest absolute Gasteiger partial charge is 0.465 e. The minimum absolute atomic E-state index is 0.00773. The van der Waals surface area contributed by atoms with Gasteiger partial charge in [0.05, 0.1) is 12.0 Å². The number of ether oxygens (including phenoxy) is 1. The number of amides is 1. The average molecular weight is 254 g/mol. The van der Waals surface area contributed by atoms with Crippen molar-refractivity contribution in [2.75, 3.05) is 33.3 Å². The van der Waals surface area contributed by atoms with Gasteiger partial charge in [-0.25, -0.2) is 4.79 Å². The molecule has 0 atom stereocenters. The minimum Gasteiger partial charge on any atom is -0.465 e. The van der Waals surface area contributed by atoms with Crippen molar-refractivity contribution in [1.82, 2.24) is 10.2 Å². The maximum atomic E-state index is 12.1. The maximum Gasteiger partial charge on any atom is 0.348 e. The topological polar surface area (TPSA) is 58.6 Å². The Labute approximate surface area is 103 Å². The van der Waals surface area contributed by atoms with E-state index in [-0.39, 0.29) is 5.91 Å². The summed E-state index contributed by atoms with van der Waals surface area (Å²) in [7, 11) is 1.33. The highest BCUT2D eigenvalue weighted by atomic mass is 32.1. The Morgan fingerprint density at radius 3 is 2.59 bits per heavy atom. The second-order valence-electron chi connectivity index (χ2n) is 3.70. The van der Waals surface area contributed by atoms with Crippen molar-refractivity contribution in [3.05, 3.63) is 21.9 Å². The monoisotopic (exact) mass is 254 g/mol. The van der Waals surface area contributed by atoms with Crippen molar-refractivity contribution < 1.29 is 14.3 Å². The number of hydrogen-bond acceptors (Lipinski definition) is 5. The summed E-state index contributed by atoms with van der Waals surface area (Å²) in [6, 6.07) is 3.31. The summed E-state index contributed by atoms with van der Waals surface area (Å²) < 4.78 is 4.61. The third kappa shape index (κ3) is 2.65. The van der Waals surface area contributed by atoms with Gasteiger partial charge >= 0.3 is 5.97 Å². The molecule has 0 spiro atoms. The second kappa shape index (κ2) is 5.29. The Morgan fingerprint density at radius 1 is 1.29 bits per heavy atom. The average Bonchev–Trinajstić information content (AvgIpc) is 2.87. The number of rotatable bonds is 2. The van der Waals surface area contributed by atoms with Gasteiger partial charge < -0.3 is 15.0 Å². The van der Waals surface area contributed by atoms with Crippen molar-refractivity contribution >= 4 is 23.2 Å². The first kappa shape index (κ1) is 12.1. The summed E-state index contributed by atoms with van der Waals surface area (Å²) in [5.74, 6) is -0.402. The standard InChI is InChI=1S/C11H14N2O3S/c1-16-11(15)9-3-2-8(17-9)10(14)13-6-4-12-5-7-13/h2-3,12H,4-7H2,1H3. The van der Waals surface area contributed by atoms with Crippen LogP contribution in [0.25, 0.3) is 0 Å². The van der Waals surface area contributed by atoms with Gasteiger partial charge in [-0.2, -0.15) is 0 Å². The van der Waals surface area contributed by atoms with Crippen LogP contribution in [0.3, 0.4) is 0 Å². The van der Waals surface area contributed by atoms with E-state index in [1.165, 1.54) is 18.4 Å². The van der Waals surface area contributed by atoms with E-state index < -0.39 is 5.97 Å². The SMILES string of the molecule is COC(=O)c1ccc(C(=O)N2CCNCC2)s1. The quantitative estimate of drug-likeness (QED) is 0.784. The van der Waals surface area contributed by atoms with Crippen LogP contribution in [-0.4, -0.2) is 50.1 Å². The molecule has 0 radical (unpaired) electrons. The van der Waals surface area contributed by atoms with E-state index in [4.69, 9.17) is 0 Å². The molecule has 2 heterocycles. The summed E-state index contributed by atoms with van der Waals surface area (Å²) in [5, 5.41) is 3.19. The first-order valence-corrected chi connectivity index (χ1v) is 6.22. The van der Waals surface area contributed by atoms with Gasteiger partial charge in [-0.1, -0.05) is 0 Å². The zero-order chi connectivity index (χ0) is 12.3. The number of piperazine rings is 1. The molecule has 1 N–H and O–H groups in total. The van der Waals surface area contributed by atoms with Crippen LogP contribution in [-0.2, 0) is 4.74 Å². The number of nitrogens with zero attached hydrogens (tertiary/aromatic N) is 1. The zero-order valence-electron chi connectivity index (χ0n) is 9.56. The molecule has 2 rings (SSSR count). The fourth-order valence-electron chi connectivity index (χ4n) is 1.69. The number of methoxy groups -OCH3 is 1. The Balaban J connectivity index is 2.08. The third-order valence-corrected chi connectivity index (χ3v) is 3.66. The summed E-state index contributed by atoms with van der Waals surface area (Å²) in [6.07, 6.45) is 0. The highest BCUT2D eigenvalue weighted by molar-refractivity contribution is 7.15. The molecule has 1 aromatic heterocycles. The van der Waals surface area contributed by atoms with Crippen molar-refractivity contribution in [3.8, 4) is 0 Å². The first-order valence-electron chi connectivity index (χ1n) is 5.40. The molecule has 92 valence electrons. The maximum absolute atomic E-state index is 12.1. The second-order valence-corrected chi connectivity index (χ2v) is 4.78. The van der Waals surface area contributed by atoms with E-state index in [0.29, 0.717) is 22.8 Å². The number of carbonyl (C=O) groups is 2. The summed E-state index contributed by atoms with van der Waals surface area (Å²) in [6.45, 7) is 3.07.